The second kappa shape index (κ2) is 9.67. The van der Waals surface area contributed by atoms with Crippen LogP contribution in [0.4, 0.5) is 10.5 Å². The Morgan fingerprint density at radius 1 is 1.19 bits per heavy atom. The number of nitrogens with one attached hydrogen (secondary N) is 1. The van der Waals surface area contributed by atoms with Crippen LogP contribution in [0.2, 0.25) is 5.02 Å². The first-order valence-electron chi connectivity index (χ1n) is 9.89. The Bertz CT molecular complexity index is 1090. The van der Waals surface area contributed by atoms with Crippen molar-refractivity contribution in [2.45, 2.75) is 25.3 Å². The molecule has 1 saturated heterocycles. The minimum absolute atomic E-state index is 0.0636. The number of halogens is 1. The fourth-order valence-corrected chi connectivity index (χ4v) is 5.25. The third-order valence-corrected chi connectivity index (χ3v) is 7.48. The molecule has 2 amide bonds. The molecule has 1 heterocycles. The van der Waals surface area contributed by atoms with Gasteiger partial charge in [0.25, 0.3) is 5.91 Å². The van der Waals surface area contributed by atoms with Crippen molar-refractivity contribution in [3.63, 3.8) is 0 Å². The number of anilines is 1. The molecule has 0 aliphatic carbocycles. The molecule has 0 aromatic heterocycles. The third kappa shape index (κ3) is 5.00. The fourth-order valence-electron chi connectivity index (χ4n) is 3.29. The third-order valence-electron chi connectivity index (χ3n) is 4.95. The maximum absolute atomic E-state index is 12.8. The zero-order valence-corrected chi connectivity index (χ0v) is 18.9. The number of hydrogen-bond acceptors (Lipinski definition) is 5. The molecule has 2 aromatic carbocycles. The number of benzene rings is 2. The number of carbonyl (C=O) groups excluding carboxylic acids is 2. The van der Waals surface area contributed by atoms with E-state index in [0.29, 0.717) is 31.9 Å². The zero-order valence-electron chi connectivity index (χ0n) is 17.3. The average molecular weight is 466 g/mol. The highest BCUT2D eigenvalue weighted by atomic mass is 35.5. The number of rotatable bonds is 8. The molecule has 0 bridgehead atoms. The quantitative estimate of drug-likeness (QED) is 0.645. The Morgan fingerprint density at radius 2 is 1.94 bits per heavy atom. The summed E-state index contributed by atoms with van der Waals surface area (Å²) in [4.78, 5) is 25.8. The first kappa shape index (κ1) is 23.1. The van der Waals surface area contributed by atoms with Crippen molar-refractivity contribution >= 4 is 39.3 Å². The number of carbonyl (C=O) groups is 2. The lowest BCUT2D eigenvalue weighted by Crippen LogP contribution is -2.31. The lowest BCUT2D eigenvalue weighted by Gasteiger charge is -2.19. The smallest absolute Gasteiger partial charge is 0.414 e. The monoisotopic (exact) mass is 465 g/mol. The van der Waals surface area contributed by atoms with Gasteiger partial charge in [-0.05, 0) is 35.9 Å². The fraction of sp³-hybridized carbons (Fsp3) is 0.333. The molecule has 31 heavy (non-hydrogen) atoms. The van der Waals surface area contributed by atoms with Crippen LogP contribution in [0.3, 0.4) is 0 Å². The van der Waals surface area contributed by atoms with Gasteiger partial charge in [-0.25, -0.2) is 13.2 Å². The molecular formula is C21H24ClN3O5S. The summed E-state index contributed by atoms with van der Waals surface area (Å²) in [7, 11) is -3.80. The summed E-state index contributed by atoms with van der Waals surface area (Å²) in [6.45, 7) is 5.09. The van der Waals surface area contributed by atoms with Crippen molar-refractivity contribution in [2.75, 3.05) is 31.1 Å². The molecule has 1 fully saturated rings. The van der Waals surface area contributed by atoms with Gasteiger partial charge in [-0.1, -0.05) is 37.6 Å². The van der Waals surface area contributed by atoms with E-state index in [1.165, 1.54) is 27.4 Å². The average Bonchev–Trinajstić information content (AvgIpc) is 3.19. The van der Waals surface area contributed by atoms with Gasteiger partial charge in [0.15, 0.2) is 0 Å². The number of amides is 2. The van der Waals surface area contributed by atoms with E-state index in [4.69, 9.17) is 16.3 Å². The van der Waals surface area contributed by atoms with Gasteiger partial charge in [-0.3, -0.25) is 9.69 Å². The molecule has 1 aliphatic heterocycles. The number of sulfonamides is 1. The molecule has 2 aromatic rings. The van der Waals surface area contributed by atoms with Gasteiger partial charge in [-0.2, -0.15) is 4.31 Å². The molecule has 0 saturated carbocycles. The minimum Gasteiger partial charge on any atom is -0.447 e. The van der Waals surface area contributed by atoms with Crippen molar-refractivity contribution < 1.29 is 22.7 Å². The van der Waals surface area contributed by atoms with E-state index in [-0.39, 0.29) is 22.0 Å². The molecule has 8 nitrogen and oxygen atoms in total. The maximum Gasteiger partial charge on any atom is 0.414 e. The lowest BCUT2D eigenvalue weighted by atomic mass is 10.1. The number of ether oxygens (including phenoxy) is 1. The Hall–Kier alpha value is -2.62. The molecule has 0 radical (unpaired) electrons. The van der Waals surface area contributed by atoms with Crippen LogP contribution in [0.5, 0.6) is 0 Å². The van der Waals surface area contributed by atoms with Gasteiger partial charge in [0.1, 0.15) is 11.5 Å². The first-order valence-corrected chi connectivity index (χ1v) is 11.7. The van der Waals surface area contributed by atoms with Gasteiger partial charge in [0.2, 0.25) is 10.0 Å². The highest BCUT2D eigenvalue weighted by Crippen LogP contribution is 2.26. The molecule has 3 rings (SSSR count). The van der Waals surface area contributed by atoms with Gasteiger partial charge in [0.05, 0.1) is 11.6 Å². The summed E-state index contributed by atoms with van der Waals surface area (Å²) >= 11 is 6.13. The van der Waals surface area contributed by atoms with Crippen molar-refractivity contribution in [3.8, 4) is 0 Å². The van der Waals surface area contributed by atoms with Crippen molar-refractivity contribution in [1.82, 2.24) is 9.62 Å². The van der Waals surface area contributed by atoms with E-state index >= 15 is 0 Å². The van der Waals surface area contributed by atoms with Crippen LogP contribution in [-0.4, -0.2) is 51.0 Å². The Morgan fingerprint density at radius 3 is 2.58 bits per heavy atom. The molecule has 0 spiro atoms. The van der Waals surface area contributed by atoms with Crippen LogP contribution in [-0.2, 0) is 21.3 Å². The number of nitrogens with zero attached hydrogens (tertiary/aromatic N) is 2. The highest BCUT2D eigenvalue weighted by molar-refractivity contribution is 7.89. The van der Waals surface area contributed by atoms with Crippen LogP contribution in [0.25, 0.3) is 0 Å². The second-order valence-electron chi connectivity index (χ2n) is 6.85. The summed E-state index contributed by atoms with van der Waals surface area (Å²) in [5.74, 6) is -0.432. The predicted octanol–water partition coefficient (Wildman–Crippen LogP) is 3.26. The second-order valence-corrected chi connectivity index (χ2v) is 9.17. The van der Waals surface area contributed by atoms with Crippen LogP contribution in [0.15, 0.2) is 47.4 Å². The highest BCUT2D eigenvalue weighted by Gasteiger charge is 2.26. The molecule has 166 valence electrons. The Balaban J connectivity index is 1.75. The van der Waals surface area contributed by atoms with E-state index < -0.39 is 22.0 Å². The van der Waals surface area contributed by atoms with Gasteiger partial charge in [-0.15, -0.1) is 0 Å². The summed E-state index contributed by atoms with van der Waals surface area (Å²) in [6.07, 6.45) is -0.399. The van der Waals surface area contributed by atoms with Gasteiger partial charge >= 0.3 is 6.09 Å². The Kier molecular flexibility index (Phi) is 7.19. The van der Waals surface area contributed by atoms with Crippen LogP contribution in [0.1, 0.15) is 29.8 Å². The molecule has 1 aliphatic rings. The number of hydrogen-bond donors (Lipinski definition) is 1. The van der Waals surface area contributed by atoms with E-state index in [1.807, 2.05) is 6.07 Å². The number of cyclic esters (lactones) is 1. The molecule has 0 atom stereocenters. The topological polar surface area (TPSA) is 96.0 Å². The van der Waals surface area contributed by atoms with E-state index in [0.717, 1.165) is 5.56 Å². The van der Waals surface area contributed by atoms with Crippen molar-refractivity contribution in [1.29, 1.82) is 0 Å². The minimum atomic E-state index is -3.80. The van der Waals surface area contributed by atoms with E-state index in [2.05, 4.69) is 5.32 Å². The standard InChI is InChI=1S/C21H24ClN3O5S/c1-3-24(4-2)31(28,29)19-13-16(8-9-18(19)22)20(26)23-14-15-6-5-7-17(12-15)25-10-11-30-21(25)27/h5-9,12-13H,3-4,10-11,14H2,1-2H3,(H,23,26). The van der Waals surface area contributed by atoms with Crippen molar-refractivity contribution in [3.05, 3.63) is 58.6 Å². The van der Waals surface area contributed by atoms with E-state index in [1.54, 1.807) is 32.0 Å². The largest absolute Gasteiger partial charge is 0.447 e. The Labute approximate surface area is 186 Å². The molecule has 1 N–H and O–H groups in total. The summed E-state index contributed by atoms with van der Waals surface area (Å²) in [6, 6.07) is 11.4. The van der Waals surface area contributed by atoms with Gasteiger partial charge < -0.3 is 10.1 Å². The SMILES string of the molecule is CCN(CC)S(=O)(=O)c1cc(C(=O)NCc2cccc(N3CCOC3=O)c2)ccc1Cl. The predicted molar refractivity (Wildman–Crippen MR) is 118 cm³/mol. The van der Waals surface area contributed by atoms with Crippen molar-refractivity contribution in [2.24, 2.45) is 0 Å². The summed E-state index contributed by atoms with van der Waals surface area (Å²) in [5, 5.41) is 2.84. The maximum atomic E-state index is 12.8. The summed E-state index contributed by atoms with van der Waals surface area (Å²) in [5.41, 5.74) is 1.67. The van der Waals surface area contributed by atoms with Crippen LogP contribution < -0.4 is 10.2 Å². The molecule has 10 heteroatoms. The normalized spacial score (nSPS) is 14.1. The van der Waals surface area contributed by atoms with E-state index in [9.17, 15) is 18.0 Å². The summed E-state index contributed by atoms with van der Waals surface area (Å²) < 4.78 is 31.9. The van der Waals surface area contributed by atoms with Gasteiger partial charge in [0, 0.05) is 30.9 Å². The van der Waals surface area contributed by atoms with Crippen LogP contribution in [0, 0.1) is 0 Å². The molecular weight excluding hydrogens is 442 g/mol. The first-order chi connectivity index (χ1) is 14.8. The zero-order chi connectivity index (χ0) is 22.6. The van der Waals surface area contributed by atoms with Crippen LogP contribution >= 0.6 is 11.6 Å². The molecule has 0 unspecified atom stereocenters. The lowest BCUT2D eigenvalue weighted by molar-refractivity contribution is 0.0950.